The molecule has 0 spiro atoms. The average molecular weight is 315 g/mol. The van der Waals surface area contributed by atoms with E-state index in [9.17, 15) is 9.90 Å². The molecule has 2 N–H and O–H groups in total. The Labute approximate surface area is 137 Å². The van der Waals surface area contributed by atoms with Crippen LogP contribution in [0.3, 0.4) is 0 Å². The van der Waals surface area contributed by atoms with E-state index in [4.69, 9.17) is 0 Å². The van der Waals surface area contributed by atoms with Crippen LogP contribution in [0.5, 0.6) is 0 Å². The van der Waals surface area contributed by atoms with Crippen LogP contribution in [0.4, 0.5) is 0 Å². The molecule has 1 aromatic carbocycles. The van der Waals surface area contributed by atoms with Gasteiger partial charge in [-0.05, 0) is 32.4 Å². The predicted molar refractivity (Wildman–Crippen MR) is 92.2 cm³/mol. The fourth-order valence-electron chi connectivity index (χ4n) is 2.50. The number of aromatic nitrogens is 2. The van der Waals surface area contributed by atoms with E-state index in [-0.39, 0.29) is 5.91 Å². The summed E-state index contributed by atoms with van der Waals surface area (Å²) in [6.45, 7) is 8.94. The van der Waals surface area contributed by atoms with Crippen LogP contribution in [-0.2, 0) is 17.8 Å². The lowest BCUT2D eigenvalue weighted by atomic mass is 10.2. The van der Waals surface area contributed by atoms with Crippen molar-refractivity contribution < 1.29 is 9.90 Å². The zero-order valence-electron chi connectivity index (χ0n) is 13.9. The molecule has 0 saturated heterocycles. The summed E-state index contributed by atoms with van der Waals surface area (Å²) >= 11 is 0. The Morgan fingerprint density at radius 2 is 2.17 bits per heavy atom. The van der Waals surface area contributed by atoms with Gasteiger partial charge in [0.2, 0.25) is 5.91 Å². The standard InChI is InChI=1S/C18H25N3O2/c1-13(2)12-21-16-7-5-4-6-15(16)20-17(21)10-11-19-18(23)9-8-14(3)22/h4-7,14,22H,1,8-12H2,2-3H3,(H,19,23)/t14-/m1/s1. The van der Waals surface area contributed by atoms with Crippen molar-refractivity contribution in [3.05, 3.63) is 42.2 Å². The van der Waals surface area contributed by atoms with Gasteiger partial charge in [-0.15, -0.1) is 0 Å². The highest BCUT2D eigenvalue weighted by molar-refractivity contribution is 5.76. The first-order chi connectivity index (χ1) is 11.0. The second kappa shape index (κ2) is 7.92. The highest BCUT2D eigenvalue weighted by Crippen LogP contribution is 2.17. The van der Waals surface area contributed by atoms with Crippen LogP contribution in [0.2, 0.25) is 0 Å². The summed E-state index contributed by atoms with van der Waals surface area (Å²) in [5.41, 5.74) is 3.12. The number of allylic oxidation sites excluding steroid dienone is 1. The molecular formula is C18H25N3O2. The van der Waals surface area contributed by atoms with Crippen LogP contribution in [0, 0.1) is 0 Å². The molecule has 0 radical (unpaired) electrons. The molecule has 1 amide bonds. The lowest BCUT2D eigenvalue weighted by molar-refractivity contribution is -0.121. The molecule has 23 heavy (non-hydrogen) atoms. The highest BCUT2D eigenvalue weighted by atomic mass is 16.3. The quantitative estimate of drug-likeness (QED) is 0.735. The SMILES string of the molecule is C=C(C)Cn1c(CCNC(=O)CC[C@@H](C)O)nc2ccccc21. The van der Waals surface area contributed by atoms with Gasteiger partial charge < -0.3 is 15.0 Å². The van der Waals surface area contributed by atoms with Crippen molar-refractivity contribution in [3.8, 4) is 0 Å². The topological polar surface area (TPSA) is 67.2 Å². The Balaban J connectivity index is 2.02. The Bertz CT molecular complexity index is 689. The molecule has 124 valence electrons. The molecule has 1 atom stereocenters. The number of amides is 1. The summed E-state index contributed by atoms with van der Waals surface area (Å²) in [4.78, 5) is 16.4. The number of nitrogens with one attached hydrogen (secondary N) is 1. The van der Waals surface area contributed by atoms with Crippen LogP contribution >= 0.6 is 0 Å². The summed E-state index contributed by atoms with van der Waals surface area (Å²) < 4.78 is 2.15. The number of hydrogen-bond acceptors (Lipinski definition) is 3. The third-order valence-electron chi connectivity index (χ3n) is 3.62. The Hall–Kier alpha value is -2.14. The predicted octanol–water partition coefficient (Wildman–Crippen LogP) is 2.43. The van der Waals surface area contributed by atoms with Gasteiger partial charge in [-0.3, -0.25) is 4.79 Å². The summed E-state index contributed by atoms with van der Waals surface area (Å²) in [6, 6.07) is 8.02. The number of hydrogen-bond donors (Lipinski definition) is 2. The first-order valence-electron chi connectivity index (χ1n) is 8.00. The maximum atomic E-state index is 11.7. The molecule has 0 saturated carbocycles. The van der Waals surface area contributed by atoms with Gasteiger partial charge in [-0.25, -0.2) is 4.98 Å². The number of para-hydroxylation sites is 2. The van der Waals surface area contributed by atoms with E-state index in [1.165, 1.54) is 0 Å². The number of aliphatic hydroxyl groups excluding tert-OH is 1. The van der Waals surface area contributed by atoms with E-state index in [0.29, 0.717) is 25.8 Å². The molecule has 1 heterocycles. The molecule has 5 heteroatoms. The van der Waals surface area contributed by atoms with Crippen molar-refractivity contribution >= 4 is 16.9 Å². The normalized spacial score (nSPS) is 12.3. The lowest BCUT2D eigenvalue weighted by Crippen LogP contribution is -2.27. The van der Waals surface area contributed by atoms with Gasteiger partial charge in [-0.1, -0.05) is 24.3 Å². The zero-order chi connectivity index (χ0) is 16.8. The molecule has 0 aliphatic heterocycles. The molecule has 1 aromatic heterocycles. The van der Waals surface area contributed by atoms with E-state index >= 15 is 0 Å². The number of carbonyl (C=O) groups is 1. The van der Waals surface area contributed by atoms with Crippen LogP contribution in [0.25, 0.3) is 11.0 Å². The van der Waals surface area contributed by atoms with Gasteiger partial charge in [0, 0.05) is 25.9 Å². The third kappa shape index (κ3) is 4.93. The van der Waals surface area contributed by atoms with Crippen molar-refractivity contribution in [1.82, 2.24) is 14.9 Å². The monoisotopic (exact) mass is 315 g/mol. The number of imidazole rings is 1. The van der Waals surface area contributed by atoms with Gasteiger partial charge in [0.05, 0.1) is 17.1 Å². The van der Waals surface area contributed by atoms with Crippen LogP contribution < -0.4 is 5.32 Å². The number of rotatable bonds is 8. The molecule has 0 fully saturated rings. The zero-order valence-corrected chi connectivity index (χ0v) is 13.9. The minimum Gasteiger partial charge on any atom is -0.393 e. The molecule has 0 unspecified atom stereocenters. The molecular weight excluding hydrogens is 290 g/mol. The molecule has 0 aliphatic carbocycles. The number of carbonyl (C=O) groups excluding carboxylic acids is 1. The summed E-state index contributed by atoms with van der Waals surface area (Å²) in [7, 11) is 0. The fraction of sp³-hybridized carbons (Fsp3) is 0.444. The van der Waals surface area contributed by atoms with E-state index < -0.39 is 6.10 Å². The van der Waals surface area contributed by atoms with Crippen molar-refractivity contribution in [1.29, 1.82) is 0 Å². The van der Waals surface area contributed by atoms with Gasteiger partial charge in [0.15, 0.2) is 0 Å². The number of nitrogens with zero attached hydrogens (tertiary/aromatic N) is 2. The van der Waals surface area contributed by atoms with Crippen LogP contribution in [0.1, 0.15) is 32.5 Å². The Morgan fingerprint density at radius 1 is 1.43 bits per heavy atom. The molecule has 0 aliphatic rings. The van der Waals surface area contributed by atoms with Crippen molar-refractivity contribution in [3.63, 3.8) is 0 Å². The van der Waals surface area contributed by atoms with E-state index in [0.717, 1.165) is 29.0 Å². The number of aliphatic hydroxyl groups is 1. The smallest absolute Gasteiger partial charge is 0.220 e. The van der Waals surface area contributed by atoms with E-state index in [2.05, 4.69) is 27.5 Å². The summed E-state index contributed by atoms with van der Waals surface area (Å²) in [6.07, 6.45) is 1.06. The maximum Gasteiger partial charge on any atom is 0.220 e. The largest absolute Gasteiger partial charge is 0.393 e. The Kier molecular flexibility index (Phi) is 5.93. The highest BCUT2D eigenvalue weighted by Gasteiger charge is 2.11. The molecule has 5 nitrogen and oxygen atoms in total. The van der Waals surface area contributed by atoms with Crippen LogP contribution in [-0.4, -0.2) is 33.2 Å². The molecule has 2 rings (SSSR count). The number of fused-ring (bicyclic) bond motifs is 1. The van der Waals surface area contributed by atoms with Crippen molar-refractivity contribution in [2.45, 2.75) is 45.8 Å². The van der Waals surface area contributed by atoms with Crippen molar-refractivity contribution in [2.24, 2.45) is 0 Å². The average Bonchev–Trinajstić information content (AvgIpc) is 2.83. The Morgan fingerprint density at radius 3 is 2.87 bits per heavy atom. The third-order valence-corrected chi connectivity index (χ3v) is 3.62. The first kappa shape index (κ1) is 17.2. The summed E-state index contributed by atoms with van der Waals surface area (Å²) in [5, 5.41) is 12.1. The van der Waals surface area contributed by atoms with Gasteiger partial charge in [0.25, 0.3) is 0 Å². The van der Waals surface area contributed by atoms with Crippen molar-refractivity contribution in [2.75, 3.05) is 6.54 Å². The molecule has 0 bridgehead atoms. The molecule has 2 aromatic rings. The first-order valence-corrected chi connectivity index (χ1v) is 8.00. The number of benzene rings is 1. The second-order valence-electron chi connectivity index (χ2n) is 6.05. The maximum absolute atomic E-state index is 11.7. The van der Waals surface area contributed by atoms with Gasteiger partial charge >= 0.3 is 0 Å². The van der Waals surface area contributed by atoms with Crippen LogP contribution in [0.15, 0.2) is 36.4 Å². The minimum atomic E-state index is -0.444. The van der Waals surface area contributed by atoms with E-state index in [1.54, 1.807) is 6.92 Å². The van der Waals surface area contributed by atoms with Gasteiger partial charge in [-0.2, -0.15) is 0 Å². The van der Waals surface area contributed by atoms with Gasteiger partial charge in [0.1, 0.15) is 5.82 Å². The lowest BCUT2D eigenvalue weighted by Gasteiger charge is -2.10. The minimum absolute atomic E-state index is 0.0338. The fourth-order valence-corrected chi connectivity index (χ4v) is 2.50. The summed E-state index contributed by atoms with van der Waals surface area (Å²) in [5.74, 6) is 0.915. The second-order valence-corrected chi connectivity index (χ2v) is 6.05. The van der Waals surface area contributed by atoms with E-state index in [1.807, 2.05) is 25.1 Å².